The van der Waals surface area contributed by atoms with Crippen LogP contribution in [-0.2, 0) is 6.54 Å². The summed E-state index contributed by atoms with van der Waals surface area (Å²) in [6.45, 7) is 4.20. The van der Waals surface area contributed by atoms with Crippen LogP contribution in [0, 0.1) is 13.8 Å². The Kier molecular flexibility index (Phi) is 4.63. The summed E-state index contributed by atoms with van der Waals surface area (Å²) < 4.78 is 16.6. The summed E-state index contributed by atoms with van der Waals surface area (Å²) in [4.78, 5) is 17.2. The number of oxazole rings is 1. The Hall–Kier alpha value is -4.13. The third kappa shape index (κ3) is 3.73. The molecule has 7 nitrogen and oxygen atoms in total. The van der Waals surface area contributed by atoms with E-state index in [4.69, 9.17) is 13.4 Å². The molecule has 3 heterocycles. The van der Waals surface area contributed by atoms with E-state index in [0.29, 0.717) is 46.1 Å². The lowest BCUT2D eigenvalue weighted by Gasteiger charge is -2.03. The summed E-state index contributed by atoms with van der Waals surface area (Å²) in [7, 11) is 0. The number of nitrogens with one attached hydrogen (secondary N) is 1. The van der Waals surface area contributed by atoms with Gasteiger partial charge in [0.2, 0.25) is 5.89 Å². The molecule has 31 heavy (non-hydrogen) atoms. The Labute approximate surface area is 177 Å². The van der Waals surface area contributed by atoms with E-state index in [0.717, 1.165) is 16.9 Å². The number of amides is 1. The van der Waals surface area contributed by atoms with Gasteiger partial charge in [-0.05, 0) is 56.3 Å². The molecule has 1 N–H and O–H groups in total. The lowest BCUT2D eigenvalue weighted by atomic mass is 10.1. The highest BCUT2D eigenvalue weighted by atomic mass is 16.5. The molecule has 5 rings (SSSR count). The first-order valence-corrected chi connectivity index (χ1v) is 9.83. The van der Waals surface area contributed by atoms with Crippen LogP contribution in [-0.4, -0.2) is 16.0 Å². The largest absolute Gasteiger partial charge is 0.465 e. The Morgan fingerprint density at radius 3 is 2.65 bits per heavy atom. The fourth-order valence-corrected chi connectivity index (χ4v) is 3.33. The molecule has 0 aliphatic heterocycles. The van der Waals surface area contributed by atoms with E-state index in [1.807, 2.05) is 50.2 Å². The van der Waals surface area contributed by atoms with Gasteiger partial charge in [-0.15, -0.1) is 0 Å². The number of benzene rings is 2. The summed E-state index contributed by atoms with van der Waals surface area (Å²) in [6, 6.07) is 16.8. The molecule has 0 saturated carbocycles. The topological polar surface area (TPSA) is 94.3 Å². The molecule has 0 aliphatic carbocycles. The van der Waals surface area contributed by atoms with E-state index >= 15 is 0 Å². The van der Waals surface area contributed by atoms with Gasteiger partial charge in [0.1, 0.15) is 29.2 Å². The first kappa shape index (κ1) is 18.9. The van der Waals surface area contributed by atoms with Crippen LogP contribution in [0.5, 0.6) is 0 Å². The van der Waals surface area contributed by atoms with Crippen molar-refractivity contribution in [3.05, 3.63) is 83.5 Å². The lowest BCUT2D eigenvalue weighted by Crippen LogP contribution is -2.22. The molecule has 1 amide bonds. The summed E-state index contributed by atoms with van der Waals surface area (Å²) in [6.07, 6.45) is 1.54. The Bertz CT molecular complexity index is 1380. The number of carbonyl (C=O) groups excluding carboxylic acids is 1. The van der Waals surface area contributed by atoms with Crippen LogP contribution in [0.15, 0.2) is 74.2 Å². The van der Waals surface area contributed by atoms with Crippen molar-refractivity contribution >= 4 is 16.9 Å². The predicted octanol–water partition coefficient (Wildman–Crippen LogP) is 5.29. The van der Waals surface area contributed by atoms with Crippen LogP contribution in [0.4, 0.5) is 0 Å². The van der Waals surface area contributed by atoms with Crippen LogP contribution in [0.1, 0.15) is 27.4 Å². The third-order valence-electron chi connectivity index (χ3n) is 5.00. The number of carbonyl (C=O) groups is 1. The summed E-state index contributed by atoms with van der Waals surface area (Å²) in [5.41, 5.74) is 4.14. The molecule has 0 atom stereocenters. The molecule has 0 spiro atoms. The summed E-state index contributed by atoms with van der Waals surface area (Å²) >= 11 is 0. The van der Waals surface area contributed by atoms with Crippen LogP contribution in [0.2, 0.25) is 0 Å². The number of hydrogen-bond donors (Lipinski definition) is 1. The van der Waals surface area contributed by atoms with Gasteiger partial charge in [0.25, 0.3) is 5.91 Å². The van der Waals surface area contributed by atoms with Gasteiger partial charge in [-0.2, -0.15) is 0 Å². The molecule has 0 bridgehead atoms. The molecule has 2 aromatic carbocycles. The second-order valence-corrected chi connectivity index (χ2v) is 7.34. The molecule has 154 valence electrons. The van der Waals surface area contributed by atoms with E-state index in [1.165, 1.54) is 0 Å². The molecular weight excluding hydrogens is 394 g/mol. The number of aryl methyl sites for hydroxylation is 2. The number of fused-ring (bicyclic) bond motifs is 1. The van der Waals surface area contributed by atoms with Gasteiger partial charge in [0.15, 0.2) is 5.58 Å². The highest BCUT2D eigenvalue weighted by molar-refractivity contribution is 6.00. The SMILES string of the molecule is Cc1ccc(-c2nc(-c3noc4ccc(C(=O)NCc5ccc(C)o5)cc34)co2)cc1. The average molecular weight is 413 g/mol. The fraction of sp³-hybridized carbons (Fsp3) is 0.125. The normalized spacial score (nSPS) is 11.2. The van der Waals surface area contributed by atoms with Gasteiger partial charge in [-0.3, -0.25) is 4.79 Å². The van der Waals surface area contributed by atoms with Crippen molar-refractivity contribution in [3.63, 3.8) is 0 Å². The lowest BCUT2D eigenvalue weighted by molar-refractivity contribution is 0.0948. The predicted molar refractivity (Wildman–Crippen MR) is 114 cm³/mol. The molecule has 7 heteroatoms. The zero-order valence-electron chi connectivity index (χ0n) is 17.0. The van der Waals surface area contributed by atoms with E-state index in [-0.39, 0.29) is 5.91 Å². The van der Waals surface area contributed by atoms with Crippen molar-refractivity contribution < 1.29 is 18.2 Å². The number of furan rings is 1. The number of rotatable bonds is 5. The molecule has 0 fully saturated rings. The quantitative estimate of drug-likeness (QED) is 0.421. The Morgan fingerprint density at radius 2 is 1.87 bits per heavy atom. The van der Waals surface area contributed by atoms with Gasteiger partial charge >= 0.3 is 0 Å². The molecule has 0 radical (unpaired) electrons. The van der Waals surface area contributed by atoms with E-state index < -0.39 is 0 Å². The van der Waals surface area contributed by atoms with Crippen molar-refractivity contribution in [3.8, 4) is 22.8 Å². The number of nitrogens with zero attached hydrogens (tertiary/aromatic N) is 2. The van der Waals surface area contributed by atoms with Gasteiger partial charge in [0, 0.05) is 11.1 Å². The Morgan fingerprint density at radius 1 is 1.03 bits per heavy atom. The minimum atomic E-state index is -0.219. The van der Waals surface area contributed by atoms with E-state index in [2.05, 4.69) is 15.5 Å². The van der Waals surface area contributed by atoms with Crippen molar-refractivity contribution in [2.75, 3.05) is 0 Å². The standard InChI is InChI=1S/C24H19N3O4/c1-14-3-6-16(7-4-14)24-26-20(13-29-24)22-19-11-17(8-10-21(19)31-27-22)23(28)25-12-18-9-5-15(2)30-18/h3-11,13H,12H2,1-2H3,(H,25,28). The molecule has 3 aromatic heterocycles. The monoisotopic (exact) mass is 413 g/mol. The van der Waals surface area contributed by atoms with Crippen molar-refractivity contribution in [2.24, 2.45) is 0 Å². The van der Waals surface area contributed by atoms with Crippen molar-refractivity contribution in [1.29, 1.82) is 0 Å². The minimum absolute atomic E-state index is 0.219. The first-order chi connectivity index (χ1) is 15.1. The van der Waals surface area contributed by atoms with Crippen LogP contribution in [0.3, 0.4) is 0 Å². The maximum Gasteiger partial charge on any atom is 0.251 e. The third-order valence-corrected chi connectivity index (χ3v) is 5.00. The smallest absolute Gasteiger partial charge is 0.251 e. The summed E-state index contributed by atoms with van der Waals surface area (Å²) in [5.74, 6) is 1.78. The van der Waals surface area contributed by atoms with Gasteiger partial charge in [-0.25, -0.2) is 4.98 Å². The zero-order chi connectivity index (χ0) is 21.4. The van der Waals surface area contributed by atoms with Crippen LogP contribution < -0.4 is 5.32 Å². The summed E-state index contributed by atoms with van der Waals surface area (Å²) in [5, 5.41) is 7.68. The van der Waals surface area contributed by atoms with Crippen molar-refractivity contribution in [2.45, 2.75) is 20.4 Å². The van der Waals surface area contributed by atoms with E-state index in [1.54, 1.807) is 24.5 Å². The second-order valence-electron chi connectivity index (χ2n) is 7.34. The molecular formula is C24H19N3O4. The number of hydrogen-bond acceptors (Lipinski definition) is 6. The molecule has 5 aromatic rings. The van der Waals surface area contributed by atoms with Crippen molar-refractivity contribution in [1.82, 2.24) is 15.5 Å². The maximum absolute atomic E-state index is 12.6. The van der Waals surface area contributed by atoms with Crippen LogP contribution >= 0.6 is 0 Å². The van der Waals surface area contributed by atoms with Gasteiger partial charge in [-0.1, -0.05) is 22.9 Å². The zero-order valence-corrected chi connectivity index (χ0v) is 17.0. The maximum atomic E-state index is 12.6. The van der Waals surface area contributed by atoms with E-state index in [9.17, 15) is 4.79 Å². The van der Waals surface area contributed by atoms with Crippen LogP contribution in [0.25, 0.3) is 33.8 Å². The second kappa shape index (κ2) is 7.60. The Balaban J connectivity index is 1.41. The molecule has 0 saturated heterocycles. The fourth-order valence-electron chi connectivity index (χ4n) is 3.33. The highest BCUT2D eigenvalue weighted by Crippen LogP contribution is 2.30. The minimum Gasteiger partial charge on any atom is -0.465 e. The first-order valence-electron chi connectivity index (χ1n) is 9.83. The molecule has 0 aliphatic rings. The average Bonchev–Trinajstić information content (AvgIpc) is 3.51. The number of aromatic nitrogens is 2. The van der Waals surface area contributed by atoms with Gasteiger partial charge in [0.05, 0.1) is 11.9 Å². The highest BCUT2D eigenvalue weighted by Gasteiger charge is 2.18. The molecule has 0 unspecified atom stereocenters. The van der Waals surface area contributed by atoms with Gasteiger partial charge < -0.3 is 18.7 Å².